The molecule has 170 valence electrons. The number of hydrogen-bond donors (Lipinski definition) is 2. The van der Waals surface area contributed by atoms with E-state index in [9.17, 15) is 19.7 Å². The molecule has 2 N–H and O–H groups in total. The van der Waals surface area contributed by atoms with Crippen LogP contribution >= 0.6 is 0 Å². The summed E-state index contributed by atoms with van der Waals surface area (Å²) in [6.07, 6.45) is 0.655. The van der Waals surface area contributed by atoms with Crippen molar-refractivity contribution in [2.75, 3.05) is 19.8 Å². The molecule has 0 saturated carbocycles. The van der Waals surface area contributed by atoms with E-state index in [2.05, 4.69) is 10.6 Å². The number of urea groups is 1. The van der Waals surface area contributed by atoms with Crippen molar-refractivity contribution in [3.63, 3.8) is 0 Å². The molecule has 31 heavy (non-hydrogen) atoms. The van der Waals surface area contributed by atoms with Crippen LogP contribution in [-0.4, -0.2) is 36.7 Å². The molecule has 10 heteroatoms. The highest BCUT2D eigenvalue weighted by Crippen LogP contribution is 2.42. The topological polar surface area (TPSA) is 129 Å². The summed E-state index contributed by atoms with van der Waals surface area (Å²) >= 11 is 0. The van der Waals surface area contributed by atoms with Gasteiger partial charge in [-0.05, 0) is 37.8 Å². The zero-order valence-electron chi connectivity index (χ0n) is 18.4. The quantitative estimate of drug-likeness (QED) is 0.326. The third kappa shape index (κ3) is 5.44. The summed E-state index contributed by atoms with van der Waals surface area (Å²) in [5, 5.41) is 17.1. The molecule has 1 aromatic rings. The Bertz CT molecular complexity index is 880. The summed E-state index contributed by atoms with van der Waals surface area (Å²) in [7, 11) is 0. The molecule has 1 aliphatic rings. The highest BCUT2D eigenvalue weighted by molar-refractivity contribution is 5.95. The summed E-state index contributed by atoms with van der Waals surface area (Å²) in [6, 6.07) is 1.37. The number of amides is 2. The summed E-state index contributed by atoms with van der Waals surface area (Å²) in [6.45, 7) is 9.62. The Hall–Kier alpha value is -3.30. The molecule has 0 radical (unpaired) electrons. The minimum absolute atomic E-state index is 0.0171. The lowest BCUT2D eigenvalue weighted by atomic mass is 9.91. The standard InChI is InChI=1S/C21H29N3O7/c1-6-9-31-19-14(24(27)28)10-13(11-15(19)29-7-2)18-16(20(25)30-8-3)17(12(4)5)22-21(26)23-18/h10-12,18H,6-9H2,1-5H3,(H2,22,23,26). The molecule has 2 rings (SSSR count). The van der Waals surface area contributed by atoms with E-state index in [0.29, 0.717) is 17.7 Å². The molecule has 0 fully saturated rings. The van der Waals surface area contributed by atoms with E-state index in [0.717, 1.165) is 0 Å². The zero-order chi connectivity index (χ0) is 23.1. The fourth-order valence-electron chi connectivity index (χ4n) is 3.25. The highest BCUT2D eigenvalue weighted by atomic mass is 16.6. The molecule has 10 nitrogen and oxygen atoms in total. The van der Waals surface area contributed by atoms with E-state index in [1.165, 1.54) is 6.07 Å². The van der Waals surface area contributed by atoms with Crippen molar-refractivity contribution in [3.8, 4) is 11.5 Å². The van der Waals surface area contributed by atoms with E-state index < -0.39 is 23.0 Å². The summed E-state index contributed by atoms with van der Waals surface area (Å²) in [5.74, 6) is -0.622. The SMILES string of the molecule is CCCOc1c(OCC)cc(C2NC(=O)NC(C(C)C)=C2C(=O)OCC)cc1[N+](=O)[O-]. The second-order valence-corrected chi connectivity index (χ2v) is 7.14. The second kappa shape index (κ2) is 10.6. The van der Waals surface area contributed by atoms with Gasteiger partial charge in [-0.3, -0.25) is 10.1 Å². The van der Waals surface area contributed by atoms with Gasteiger partial charge in [0.15, 0.2) is 5.75 Å². The maximum absolute atomic E-state index is 12.8. The maximum Gasteiger partial charge on any atom is 0.338 e. The van der Waals surface area contributed by atoms with Crippen LogP contribution in [0.2, 0.25) is 0 Å². The Morgan fingerprint density at radius 3 is 2.45 bits per heavy atom. The van der Waals surface area contributed by atoms with E-state index in [1.807, 2.05) is 20.8 Å². The first-order chi connectivity index (χ1) is 14.7. The lowest BCUT2D eigenvalue weighted by Gasteiger charge is -2.31. The maximum atomic E-state index is 12.8. The minimum atomic E-state index is -0.955. The molecule has 0 aromatic heterocycles. The van der Waals surface area contributed by atoms with Gasteiger partial charge in [0.2, 0.25) is 5.75 Å². The molecule has 1 aromatic carbocycles. The van der Waals surface area contributed by atoms with Crippen LogP contribution in [0.15, 0.2) is 23.4 Å². The van der Waals surface area contributed by atoms with Crippen molar-refractivity contribution in [1.29, 1.82) is 0 Å². The predicted molar refractivity (Wildman–Crippen MR) is 113 cm³/mol. The number of nitro groups is 1. The van der Waals surface area contributed by atoms with Crippen LogP contribution in [0.25, 0.3) is 0 Å². The zero-order valence-corrected chi connectivity index (χ0v) is 18.4. The Morgan fingerprint density at radius 2 is 1.90 bits per heavy atom. The number of esters is 1. The van der Waals surface area contributed by atoms with Crippen molar-refractivity contribution in [2.45, 2.75) is 47.1 Å². The number of nitrogens with zero attached hydrogens (tertiary/aromatic N) is 1. The van der Waals surface area contributed by atoms with Gasteiger partial charge in [0.05, 0.1) is 36.4 Å². The molecular weight excluding hydrogens is 406 g/mol. The van der Waals surface area contributed by atoms with Gasteiger partial charge >= 0.3 is 17.7 Å². The fourth-order valence-corrected chi connectivity index (χ4v) is 3.25. The number of ether oxygens (including phenoxy) is 3. The monoisotopic (exact) mass is 435 g/mol. The molecule has 1 atom stereocenters. The smallest absolute Gasteiger partial charge is 0.338 e. The van der Waals surface area contributed by atoms with Gasteiger partial charge in [-0.25, -0.2) is 9.59 Å². The number of allylic oxidation sites excluding steroid dienone is 1. The first-order valence-corrected chi connectivity index (χ1v) is 10.3. The van der Waals surface area contributed by atoms with Gasteiger partial charge in [-0.15, -0.1) is 0 Å². The summed E-state index contributed by atoms with van der Waals surface area (Å²) in [5.41, 5.74) is 0.598. The first-order valence-electron chi connectivity index (χ1n) is 10.3. The van der Waals surface area contributed by atoms with E-state index in [4.69, 9.17) is 14.2 Å². The third-order valence-corrected chi connectivity index (χ3v) is 4.51. The van der Waals surface area contributed by atoms with Crippen LogP contribution in [0, 0.1) is 16.0 Å². The lowest BCUT2D eigenvalue weighted by molar-refractivity contribution is -0.386. The normalized spacial score (nSPS) is 15.9. The van der Waals surface area contributed by atoms with E-state index in [1.54, 1.807) is 19.9 Å². The van der Waals surface area contributed by atoms with Crippen LogP contribution in [0.4, 0.5) is 10.5 Å². The van der Waals surface area contributed by atoms with Crippen molar-refractivity contribution in [3.05, 3.63) is 39.1 Å². The number of rotatable bonds is 10. The van der Waals surface area contributed by atoms with Gasteiger partial charge < -0.3 is 24.8 Å². The molecule has 1 heterocycles. The Balaban J connectivity index is 2.72. The van der Waals surface area contributed by atoms with Gasteiger partial charge in [0, 0.05) is 11.8 Å². The first kappa shape index (κ1) is 24.0. The minimum Gasteiger partial charge on any atom is -0.490 e. The van der Waals surface area contributed by atoms with Gasteiger partial charge in [-0.1, -0.05) is 20.8 Å². The van der Waals surface area contributed by atoms with Gasteiger partial charge in [0.25, 0.3) is 0 Å². The fraction of sp³-hybridized carbons (Fsp3) is 0.524. The van der Waals surface area contributed by atoms with Gasteiger partial charge in [0.1, 0.15) is 0 Å². The number of nitrogens with one attached hydrogen (secondary N) is 2. The molecule has 1 aliphatic heterocycles. The molecular formula is C21H29N3O7. The van der Waals surface area contributed by atoms with Crippen molar-refractivity contribution in [1.82, 2.24) is 10.6 Å². The van der Waals surface area contributed by atoms with Crippen LogP contribution in [0.1, 0.15) is 52.6 Å². The van der Waals surface area contributed by atoms with E-state index in [-0.39, 0.29) is 48.5 Å². The predicted octanol–water partition coefficient (Wildman–Crippen LogP) is 3.61. The number of carbonyl (C=O) groups excluding carboxylic acids is 2. The van der Waals surface area contributed by atoms with Crippen LogP contribution in [-0.2, 0) is 9.53 Å². The third-order valence-electron chi connectivity index (χ3n) is 4.51. The van der Waals surface area contributed by atoms with Crippen molar-refractivity contribution < 1.29 is 28.7 Å². The van der Waals surface area contributed by atoms with Gasteiger partial charge in [-0.2, -0.15) is 0 Å². The number of benzene rings is 1. The van der Waals surface area contributed by atoms with Crippen LogP contribution in [0.3, 0.4) is 0 Å². The molecule has 0 bridgehead atoms. The van der Waals surface area contributed by atoms with Crippen molar-refractivity contribution >= 4 is 17.7 Å². The number of carbonyl (C=O) groups is 2. The molecule has 2 amide bonds. The Kier molecular flexibility index (Phi) is 8.23. The largest absolute Gasteiger partial charge is 0.490 e. The molecule has 0 spiro atoms. The van der Waals surface area contributed by atoms with Crippen LogP contribution in [0.5, 0.6) is 11.5 Å². The van der Waals surface area contributed by atoms with E-state index >= 15 is 0 Å². The molecule has 0 aliphatic carbocycles. The summed E-state index contributed by atoms with van der Waals surface area (Å²) in [4.78, 5) is 36.3. The number of nitro benzene ring substituents is 1. The second-order valence-electron chi connectivity index (χ2n) is 7.14. The average Bonchev–Trinajstić information content (AvgIpc) is 2.71. The van der Waals surface area contributed by atoms with Crippen LogP contribution < -0.4 is 20.1 Å². The average molecular weight is 435 g/mol. The number of hydrogen-bond acceptors (Lipinski definition) is 7. The Labute approximate surface area is 181 Å². The van der Waals surface area contributed by atoms with Crippen molar-refractivity contribution in [2.24, 2.45) is 5.92 Å². The Morgan fingerprint density at radius 1 is 1.19 bits per heavy atom. The lowest BCUT2D eigenvalue weighted by Crippen LogP contribution is -2.47. The summed E-state index contributed by atoms with van der Waals surface area (Å²) < 4.78 is 16.4. The highest BCUT2D eigenvalue weighted by Gasteiger charge is 2.36. The molecule has 1 unspecified atom stereocenters. The molecule has 0 saturated heterocycles.